The third-order valence-electron chi connectivity index (χ3n) is 6.09. The Bertz CT molecular complexity index is 1340. The molecule has 2 aromatic carbocycles. The van der Waals surface area contributed by atoms with Gasteiger partial charge in [-0.1, -0.05) is 35.8 Å². The van der Waals surface area contributed by atoms with Gasteiger partial charge in [0.15, 0.2) is 0 Å². The first kappa shape index (κ1) is 26.5. The number of hydrogen-bond donors (Lipinski definition) is 1. The van der Waals surface area contributed by atoms with E-state index in [0.717, 1.165) is 10.9 Å². The second-order valence-electron chi connectivity index (χ2n) is 8.29. The monoisotopic (exact) mass is 544 g/mol. The number of anilines is 1. The van der Waals surface area contributed by atoms with Gasteiger partial charge in [0.25, 0.3) is 0 Å². The largest absolute Gasteiger partial charge is 0.495 e. The van der Waals surface area contributed by atoms with Gasteiger partial charge in [0.05, 0.1) is 36.4 Å². The fourth-order valence-electron chi connectivity index (χ4n) is 4.34. The summed E-state index contributed by atoms with van der Waals surface area (Å²) in [5.41, 5.74) is 2.00. The Balaban J connectivity index is 1.60. The van der Waals surface area contributed by atoms with Crippen molar-refractivity contribution < 1.29 is 23.8 Å². The lowest BCUT2D eigenvalue weighted by molar-refractivity contribution is -0.151. The van der Waals surface area contributed by atoms with E-state index >= 15 is 0 Å². The minimum Gasteiger partial charge on any atom is -0.495 e. The van der Waals surface area contributed by atoms with Gasteiger partial charge in [-0.05, 0) is 30.7 Å². The standard InChI is InChI=1S/C26H26Cl2N4O5/c1-5-21(33)32-13-16(10-18(32)25(34)37-6-2)30-26-29-12-15-9-14(7-8-17(15)31-26)22-23(27)19(35-3)11-20(36-4)24(22)28/h5,7-9,11-12,16,18H,1,6,10,13H2,2-4H3,(H,29,30,31)/t16-,18-/m0/s1. The third kappa shape index (κ3) is 5.28. The second-order valence-corrected chi connectivity index (χ2v) is 9.05. The van der Waals surface area contributed by atoms with Crippen LogP contribution < -0.4 is 14.8 Å². The van der Waals surface area contributed by atoms with Gasteiger partial charge in [0, 0.05) is 42.2 Å². The van der Waals surface area contributed by atoms with Crippen LogP contribution in [0.25, 0.3) is 22.0 Å². The molecule has 0 spiro atoms. The molecule has 1 aromatic heterocycles. The summed E-state index contributed by atoms with van der Waals surface area (Å²) in [6, 6.07) is 6.26. The first-order valence-electron chi connectivity index (χ1n) is 11.5. The molecule has 37 heavy (non-hydrogen) atoms. The highest BCUT2D eigenvalue weighted by atomic mass is 35.5. The number of nitrogens with one attached hydrogen (secondary N) is 1. The number of nitrogens with zero attached hydrogens (tertiary/aromatic N) is 3. The summed E-state index contributed by atoms with van der Waals surface area (Å²) < 4.78 is 15.9. The van der Waals surface area contributed by atoms with E-state index in [1.807, 2.05) is 18.2 Å². The molecular weight excluding hydrogens is 519 g/mol. The molecule has 2 heterocycles. The lowest BCUT2D eigenvalue weighted by Gasteiger charge is -2.21. The van der Waals surface area contributed by atoms with Crippen molar-refractivity contribution >= 4 is 51.9 Å². The number of carbonyl (C=O) groups is 2. The Morgan fingerprint density at radius 2 is 1.89 bits per heavy atom. The Morgan fingerprint density at radius 1 is 1.19 bits per heavy atom. The zero-order valence-electron chi connectivity index (χ0n) is 20.6. The van der Waals surface area contributed by atoms with Crippen molar-refractivity contribution in [2.24, 2.45) is 0 Å². The molecule has 0 saturated carbocycles. The average molecular weight is 545 g/mol. The summed E-state index contributed by atoms with van der Waals surface area (Å²) in [4.78, 5) is 35.2. The molecule has 9 nitrogen and oxygen atoms in total. The fraction of sp³-hybridized carbons (Fsp3) is 0.308. The molecule has 1 amide bonds. The number of fused-ring (bicyclic) bond motifs is 1. The number of aromatic nitrogens is 2. The molecule has 1 saturated heterocycles. The molecule has 4 rings (SSSR count). The quantitative estimate of drug-likeness (QED) is 0.320. The Kier molecular flexibility index (Phi) is 8.04. The molecular formula is C26H26Cl2N4O5. The lowest BCUT2D eigenvalue weighted by atomic mass is 10.0. The average Bonchev–Trinajstić information content (AvgIpc) is 3.32. The first-order chi connectivity index (χ1) is 17.8. The van der Waals surface area contributed by atoms with Crippen molar-refractivity contribution in [1.29, 1.82) is 0 Å². The van der Waals surface area contributed by atoms with E-state index in [9.17, 15) is 9.59 Å². The van der Waals surface area contributed by atoms with Crippen LogP contribution in [-0.2, 0) is 14.3 Å². The molecule has 0 unspecified atom stereocenters. The number of carbonyl (C=O) groups excluding carboxylic acids is 2. The van der Waals surface area contributed by atoms with Crippen LogP contribution in [0.5, 0.6) is 11.5 Å². The van der Waals surface area contributed by atoms with Crippen LogP contribution in [0.2, 0.25) is 10.0 Å². The molecule has 194 valence electrons. The van der Waals surface area contributed by atoms with Gasteiger partial charge in [0.2, 0.25) is 11.9 Å². The SMILES string of the molecule is C=CC(=O)N1C[C@@H](Nc2ncc3cc(-c4c(Cl)c(OC)cc(OC)c4Cl)ccc3n2)C[C@H]1C(=O)OCC. The maximum absolute atomic E-state index is 12.4. The number of halogens is 2. The number of likely N-dealkylation sites (tertiary alicyclic amines) is 1. The van der Waals surface area contributed by atoms with E-state index in [4.69, 9.17) is 37.4 Å². The summed E-state index contributed by atoms with van der Waals surface area (Å²) in [5, 5.41) is 4.72. The summed E-state index contributed by atoms with van der Waals surface area (Å²) in [7, 11) is 3.04. The van der Waals surface area contributed by atoms with E-state index < -0.39 is 12.0 Å². The Morgan fingerprint density at radius 3 is 2.51 bits per heavy atom. The predicted octanol–water partition coefficient (Wildman–Crippen LogP) is 4.75. The first-order valence-corrected chi connectivity index (χ1v) is 12.3. The molecule has 0 bridgehead atoms. The van der Waals surface area contributed by atoms with E-state index in [1.165, 1.54) is 25.2 Å². The van der Waals surface area contributed by atoms with Gasteiger partial charge in [0.1, 0.15) is 17.5 Å². The van der Waals surface area contributed by atoms with Gasteiger partial charge >= 0.3 is 5.97 Å². The number of ether oxygens (including phenoxy) is 3. The summed E-state index contributed by atoms with van der Waals surface area (Å²) in [6.07, 6.45) is 3.24. The van der Waals surface area contributed by atoms with Crippen molar-refractivity contribution in [3.05, 3.63) is 53.2 Å². The molecule has 1 aliphatic heterocycles. The van der Waals surface area contributed by atoms with Crippen LogP contribution in [-0.4, -0.2) is 66.2 Å². The molecule has 2 atom stereocenters. The molecule has 1 N–H and O–H groups in total. The predicted molar refractivity (Wildman–Crippen MR) is 142 cm³/mol. The topological polar surface area (TPSA) is 103 Å². The number of amides is 1. The molecule has 1 fully saturated rings. The van der Waals surface area contributed by atoms with Crippen molar-refractivity contribution in [3.8, 4) is 22.6 Å². The Labute approximate surface area is 224 Å². The van der Waals surface area contributed by atoms with E-state index in [2.05, 4.69) is 21.9 Å². The van der Waals surface area contributed by atoms with E-state index in [0.29, 0.717) is 51.5 Å². The van der Waals surface area contributed by atoms with Crippen LogP contribution in [0, 0.1) is 0 Å². The van der Waals surface area contributed by atoms with Crippen molar-refractivity contribution in [3.63, 3.8) is 0 Å². The number of esters is 1. The number of hydrogen-bond acceptors (Lipinski definition) is 8. The minimum absolute atomic E-state index is 0.234. The number of benzene rings is 2. The summed E-state index contributed by atoms with van der Waals surface area (Å²) in [5.74, 6) is 0.479. The molecule has 3 aromatic rings. The Hall–Kier alpha value is -3.56. The van der Waals surface area contributed by atoms with Gasteiger partial charge in [-0.3, -0.25) is 4.79 Å². The zero-order valence-corrected chi connectivity index (χ0v) is 22.1. The smallest absolute Gasteiger partial charge is 0.328 e. The van der Waals surface area contributed by atoms with E-state index in [-0.39, 0.29) is 18.6 Å². The highest BCUT2D eigenvalue weighted by Crippen LogP contribution is 2.46. The second kappa shape index (κ2) is 11.2. The summed E-state index contributed by atoms with van der Waals surface area (Å²) >= 11 is 13.1. The van der Waals surface area contributed by atoms with Crippen LogP contribution >= 0.6 is 23.2 Å². The maximum Gasteiger partial charge on any atom is 0.328 e. The lowest BCUT2D eigenvalue weighted by Crippen LogP contribution is -2.40. The minimum atomic E-state index is -0.694. The van der Waals surface area contributed by atoms with Crippen molar-refractivity contribution in [1.82, 2.24) is 14.9 Å². The fourth-order valence-corrected chi connectivity index (χ4v) is 5.06. The van der Waals surface area contributed by atoms with Crippen molar-refractivity contribution in [2.45, 2.75) is 25.4 Å². The highest BCUT2D eigenvalue weighted by Gasteiger charge is 2.40. The van der Waals surface area contributed by atoms with Crippen LogP contribution in [0.15, 0.2) is 43.1 Å². The molecule has 11 heteroatoms. The normalized spacial score (nSPS) is 16.9. The van der Waals surface area contributed by atoms with Crippen LogP contribution in [0.3, 0.4) is 0 Å². The van der Waals surface area contributed by atoms with E-state index in [1.54, 1.807) is 19.2 Å². The summed E-state index contributed by atoms with van der Waals surface area (Å²) in [6.45, 7) is 5.78. The zero-order chi connectivity index (χ0) is 26.7. The third-order valence-corrected chi connectivity index (χ3v) is 6.84. The molecule has 0 radical (unpaired) electrons. The number of methoxy groups -OCH3 is 2. The maximum atomic E-state index is 12.4. The molecule has 1 aliphatic rings. The van der Waals surface area contributed by atoms with Crippen LogP contribution in [0.4, 0.5) is 5.95 Å². The van der Waals surface area contributed by atoms with Gasteiger partial charge in [-0.25, -0.2) is 14.8 Å². The van der Waals surface area contributed by atoms with Crippen LogP contribution in [0.1, 0.15) is 13.3 Å². The highest BCUT2D eigenvalue weighted by molar-refractivity contribution is 6.41. The van der Waals surface area contributed by atoms with Crippen molar-refractivity contribution in [2.75, 3.05) is 32.7 Å². The van der Waals surface area contributed by atoms with Gasteiger partial charge in [-0.15, -0.1) is 0 Å². The van der Waals surface area contributed by atoms with Gasteiger partial charge < -0.3 is 24.4 Å². The van der Waals surface area contributed by atoms with Gasteiger partial charge in [-0.2, -0.15) is 0 Å². The molecule has 0 aliphatic carbocycles. The number of rotatable bonds is 8.